The normalized spacial score (nSPS) is 14.5. The lowest BCUT2D eigenvalue weighted by molar-refractivity contribution is 0.660. The Morgan fingerprint density at radius 1 is 0.214 bits per heavy atom. The smallest absolute Gasteiger partial charge is 0.0159 e. The molecule has 0 heteroatoms. The molecule has 0 heterocycles. The summed E-state index contributed by atoms with van der Waals surface area (Å²) in [5.41, 5.74) is 29.0. The lowest BCUT2D eigenvalue weighted by Gasteiger charge is -2.25. The number of hydrogen-bond donors (Lipinski definition) is 0. The van der Waals surface area contributed by atoms with Crippen LogP contribution in [0.15, 0.2) is 206 Å². The van der Waals surface area contributed by atoms with E-state index < -0.39 is 0 Å². The quantitative estimate of drug-likeness (QED) is 0.155. The Labute approximate surface area is 408 Å². The summed E-state index contributed by atoms with van der Waals surface area (Å²) in [5, 5.41) is 10.5. The Bertz CT molecular complexity index is 4340. The van der Waals surface area contributed by atoms with Gasteiger partial charge in [-0.1, -0.05) is 210 Å². The lowest BCUT2D eigenvalue weighted by Crippen LogP contribution is -2.15. The minimum Gasteiger partial charge on any atom is -0.0619 e. The minimum absolute atomic E-state index is 0.0584. The highest BCUT2D eigenvalue weighted by Crippen LogP contribution is 2.58. The molecule has 0 aliphatic heterocycles. The minimum atomic E-state index is -0.248. The number of benzene rings is 12. The third kappa shape index (κ3) is 4.76. The van der Waals surface area contributed by atoms with E-state index in [2.05, 4.69) is 234 Å². The number of rotatable bonds is 3. The van der Waals surface area contributed by atoms with Gasteiger partial charge in [0.2, 0.25) is 0 Å². The zero-order chi connectivity index (χ0) is 46.4. The van der Waals surface area contributed by atoms with Crippen LogP contribution in [-0.2, 0) is 10.8 Å². The van der Waals surface area contributed by atoms with Crippen LogP contribution in [0.2, 0.25) is 0 Å². The van der Waals surface area contributed by atoms with Crippen molar-refractivity contribution >= 4 is 43.1 Å². The highest BCUT2D eigenvalue weighted by Gasteiger charge is 2.39. The summed E-state index contributed by atoms with van der Waals surface area (Å²) in [5.74, 6) is 0. The molecule has 0 nitrogen and oxygen atoms in total. The van der Waals surface area contributed by atoms with Crippen LogP contribution in [0.5, 0.6) is 0 Å². The van der Waals surface area contributed by atoms with Crippen LogP contribution in [0.3, 0.4) is 0 Å². The number of hydrogen-bond acceptors (Lipinski definition) is 0. The average Bonchev–Trinajstić information content (AvgIpc) is 4.06. The molecule has 12 aromatic carbocycles. The van der Waals surface area contributed by atoms with Crippen molar-refractivity contribution in [3.63, 3.8) is 0 Å². The fourth-order valence-electron chi connectivity index (χ4n) is 14.1. The SMILES string of the molecule is CC1(C)c2ccccc2-c2ccc(-c3ccc4c(c3)C(C)(C)c3cc5c(-c6ccc7c8c(cccc68)-c6ccccc6-7)c6ccccc6c(-c6ccc7c8c(cccc68)-c6ccccc6-7)c5cc3-4)cc21. The Balaban J connectivity index is 0.975. The van der Waals surface area contributed by atoms with E-state index in [1.165, 1.54) is 165 Å². The maximum atomic E-state index is 2.61. The van der Waals surface area contributed by atoms with Gasteiger partial charge in [-0.3, -0.25) is 0 Å². The fourth-order valence-corrected chi connectivity index (χ4v) is 14.1. The van der Waals surface area contributed by atoms with Gasteiger partial charge in [-0.25, -0.2) is 0 Å². The molecule has 0 unspecified atom stereocenters. The molecule has 0 saturated carbocycles. The molecule has 0 fully saturated rings. The summed E-state index contributed by atoms with van der Waals surface area (Å²) in [6.07, 6.45) is 0. The second kappa shape index (κ2) is 13.3. The fraction of sp³-hybridized carbons (Fsp3) is 0.0857. The first-order valence-electron chi connectivity index (χ1n) is 25.0. The Hall–Kier alpha value is -8.32. The lowest BCUT2D eigenvalue weighted by atomic mass is 9.78. The van der Waals surface area contributed by atoms with Gasteiger partial charge in [0.05, 0.1) is 0 Å². The molecule has 4 aliphatic rings. The first-order valence-corrected chi connectivity index (χ1v) is 25.0. The van der Waals surface area contributed by atoms with Crippen molar-refractivity contribution < 1.29 is 0 Å². The maximum Gasteiger partial charge on any atom is 0.0159 e. The van der Waals surface area contributed by atoms with E-state index in [-0.39, 0.29) is 10.8 Å². The molecule has 12 aromatic rings. The average molecular weight is 887 g/mol. The first-order chi connectivity index (χ1) is 34.3. The zero-order valence-corrected chi connectivity index (χ0v) is 39.6. The molecule has 0 spiro atoms. The van der Waals surface area contributed by atoms with Gasteiger partial charge in [-0.2, -0.15) is 0 Å². The van der Waals surface area contributed by atoms with Crippen molar-refractivity contribution in [1.82, 2.24) is 0 Å². The van der Waals surface area contributed by atoms with Crippen LogP contribution in [0, 0.1) is 0 Å². The van der Waals surface area contributed by atoms with E-state index in [9.17, 15) is 0 Å². The highest BCUT2D eigenvalue weighted by molar-refractivity contribution is 6.29. The zero-order valence-electron chi connectivity index (χ0n) is 39.6. The highest BCUT2D eigenvalue weighted by atomic mass is 14.4. The molecule has 0 saturated heterocycles. The van der Waals surface area contributed by atoms with Gasteiger partial charge in [-0.05, 0) is 190 Å². The Morgan fingerprint density at radius 2 is 0.557 bits per heavy atom. The first kappa shape index (κ1) is 38.6. The van der Waals surface area contributed by atoms with Gasteiger partial charge in [-0.15, -0.1) is 0 Å². The topological polar surface area (TPSA) is 0 Å². The van der Waals surface area contributed by atoms with Gasteiger partial charge in [0, 0.05) is 10.8 Å². The van der Waals surface area contributed by atoms with Crippen molar-refractivity contribution in [3.8, 4) is 100 Å². The third-order valence-electron chi connectivity index (χ3n) is 17.4. The van der Waals surface area contributed by atoms with Crippen LogP contribution in [0.1, 0.15) is 49.9 Å². The van der Waals surface area contributed by atoms with Gasteiger partial charge in [0.25, 0.3) is 0 Å². The molecular weight excluding hydrogens is 841 g/mol. The molecule has 0 bridgehead atoms. The van der Waals surface area contributed by atoms with Gasteiger partial charge >= 0.3 is 0 Å². The van der Waals surface area contributed by atoms with Crippen LogP contribution in [-0.4, -0.2) is 0 Å². The van der Waals surface area contributed by atoms with E-state index in [1.807, 2.05) is 0 Å². The monoisotopic (exact) mass is 886 g/mol. The Morgan fingerprint density at radius 3 is 1.09 bits per heavy atom. The molecule has 326 valence electrons. The third-order valence-corrected chi connectivity index (χ3v) is 17.4. The predicted molar refractivity (Wildman–Crippen MR) is 297 cm³/mol. The maximum absolute atomic E-state index is 2.61. The molecule has 4 aliphatic carbocycles. The van der Waals surface area contributed by atoms with Crippen molar-refractivity contribution in [1.29, 1.82) is 0 Å². The predicted octanol–water partition coefficient (Wildman–Crippen LogP) is 19.2. The summed E-state index contributed by atoms with van der Waals surface area (Å²) in [7, 11) is 0. The van der Waals surface area contributed by atoms with E-state index in [4.69, 9.17) is 0 Å². The van der Waals surface area contributed by atoms with E-state index >= 15 is 0 Å². The molecular formula is C70H46. The van der Waals surface area contributed by atoms with Crippen molar-refractivity contribution in [2.75, 3.05) is 0 Å². The van der Waals surface area contributed by atoms with Crippen LogP contribution in [0.4, 0.5) is 0 Å². The van der Waals surface area contributed by atoms with Gasteiger partial charge in [0.15, 0.2) is 0 Å². The van der Waals surface area contributed by atoms with Crippen LogP contribution >= 0.6 is 0 Å². The molecule has 16 rings (SSSR count). The van der Waals surface area contributed by atoms with Crippen molar-refractivity contribution in [2.24, 2.45) is 0 Å². The van der Waals surface area contributed by atoms with E-state index in [1.54, 1.807) is 0 Å². The summed E-state index contributed by atoms with van der Waals surface area (Å²) in [6.45, 7) is 9.67. The summed E-state index contributed by atoms with van der Waals surface area (Å²) < 4.78 is 0. The van der Waals surface area contributed by atoms with E-state index in [0.717, 1.165) is 0 Å². The largest absolute Gasteiger partial charge is 0.0619 e. The van der Waals surface area contributed by atoms with Crippen LogP contribution in [0.25, 0.3) is 143 Å². The van der Waals surface area contributed by atoms with Gasteiger partial charge in [0.1, 0.15) is 0 Å². The number of fused-ring (bicyclic) bond motifs is 14. The summed E-state index contributed by atoms with van der Waals surface area (Å²) in [4.78, 5) is 0. The Kier molecular flexibility index (Phi) is 7.32. The second-order valence-corrected chi connectivity index (χ2v) is 21.4. The molecule has 0 N–H and O–H groups in total. The summed E-state index contributed by atoms with van der Waals surface area (Å²) >= 11 is 0. The second-order valence-electron chi connectivity index (χ2n) is 21.4. The molecule has 0 amide bonds. The van der Waals surface area contributed by atoms with Crippen LogP contribution < -0.4 is 0 Å². The standard InChI is InChI=1S/C70H46/c1-69(2)61-26-12-11-19-45(61)46-29-27-39(35-62(46)69)40-28-30-47-58-37-59-60(38-64(58)70(3,4)63(47)36-40)68(57-34-32-55-44-18-8-6-16-42(44)49-23-14-25-53(57)66(49)55)51-21-10-9-20-50(51)67(59)56-33-31-54-43-17-7-5-15-41(43)48-22-13-24-52(56)65(48)54/h5-38H,1-4H3. The summed E-state index contributed by atoms with van der Waals surface area (Å²) in [6, 6.07) is 79.3. The molecule has 70 heavy (non-hydrogen) atoms. The molecule has 0 atom stereocenters. The van der Waals surface area contributed by atoms with Crippen molar-refractivity contribution in [2.45, 2.75) is 38.5 Å². The molecule has 0 radical (unpaired) electrons. The molecule has 0 aromatic heterocycles. The van der Waals surface area contributed by atoms with Crippen molar-refractivity contribution in [3.05, 3.63) is 229 Å². The van der Waals surface area contributed by atoms with Gasteiger partial charge < -0.3 is 0 Å². The van der Waals surface area contributed by atoms with E-state index in [0.29, 0.717) is 0 Å².